The van der Waals surface area contributed by atoms with Gasteiger partial charge in [0.05, 0.1) is 4.90 Å². The summed E-state index contributed by atoms with van der Waals surface area (Å²) in [5, 5.41) is 0.614. The number of fused-ring (bicyclic) bond motifs is 1. The molecule has 1 N–H and O–H groups in total. The van der Waals surface area contributed by atoms with Gasteiger partial charge >= 0.3 is 0 Å². The molecule has 134 valence electrons. The summed E-state index contributed by atoms with van der Waals surface area (Å²) in [7, 11) is 0.105. The van der Waals surface area contributed by atoms with Crippen LogP contribution < -0.4 is 14.2 Å². The highest BCUT2D eigenvalue weighted by Crippen LogP contribution is 2.33. The van der Waals surface area contributed by atoms with Gasteiger partial charge in [-0.3, -0.25) is 0 Å². The molecule has 25 heavy (non-hydrogen) atoms. The lowest BCUT2D eigenvalue weighted by Crippen LogP contribution is -2.34. The number of ether oxygens (including phenoxy) is 2. The van der Waals surface area contributed by atoms with Crippen molar-refractivity contribution in [3.8, 4) is 11.5 Å². The molecule has 0 aromatic heterocycles. The van der Waals surface area contributed by atoms with Crippen molar-refractivity contribution in [2.45, 2.75) is 10.9 Å². The molecular weight excluding hydrogens is 364 g/mol. The fourth-order valence-corrected chi connectivity index (χ4v) is 3.88. The van der Waals surface area contributed by atoms with Crippen molar-refractivity contribution in [1.29, 1.82) is 0 Å². The van der Waals surface area contributed by atoms with Crippen molar-refractivity contribution in [2.75, 3.05) is 27.4 Å². The molecule has 0 aliphatic carbocycles. The second-order valence-corrected chi connectivity index (χ2v) is 8.10. The van der Waals surface area contributed by atoms with E-state index in [9.17, 15) is 8.42 Å². The van der Waals surface area contributed by atoms with E-state index in [0.717, 1.165) is 5.56 Å². The average Bonchev–Trinajstić information content (AvgIpc) is 3.02. The molecule has 0 amide bonds. The fourth-order valence-electron chi connectivity index (χ4n) is 2.63. The largest absolute Gasteiger partial charge is 0.454 e. The Morgan fingerprint density at radius 3 is 2.64 bits per heavy atom. The van der Waals surface area contributed by atoms with Crippen molar-refractivity contribution in [2.24, 2.45) is 0 Å². The first-order valence-corrected chi connectivity index (χ1v) is 9.54. The first-order chi connectivity index (χ1) is 11.9. The van der Waals surface area contributed by atoms with E-state index < -0.39 is 10.0 Å². The maximum atomic E-state index is 12.6. The SMILES string of the molecule is CN(C)C(CNS(=O)(=O)c1ccc2c(c1)OCO2)c1cccc(Cl)c1. The van der Waals surface area contributed by atoms with Crippen LogP contribution in [0.4, 0.5) is 0 Å². The van der Waals surface area contributed by atoms with Crippen LogP contribution in [0.2, 0.25) is 5.02 Å². The van der Waals surface area contributed by atoms with Crippen molar-refractivity contribution < 1.29 is 17.9 Å². The van der Waals surface area contributed by atoms with E-state index in [-0.39, 0.29) is 24.3 Å². The molecular formula is C17H19ClN2O4S. The van der Waals surface area contributed by atoms with Crippen molar-refractivity contribution >= 4 is 21.6 Å². The van der Waals surface area contributed by atoms with Crippen LogP contribution in [0.25, 0.3) is 0 Å². The van der Waals surface area contributed by atoms with Crippen LogP contribution in [-0.2, 0) is 10.0 Å². The summed E-state index contributed by atoms with van der Waals surface area (Å²) in [5.74, 6) is 0.978. The Kier molecular flexibility index (Phi) is 5.19. The standard InChI is InChI=1S/C17H19ClN2O4S/c1-20(2)15(12-4-3-5-13(18)8-12)10-19-25(21,22)14-6-7-16-17(9-14)24-11-23-16/h3-9,15,19H,10-11H2,1-2H3. The van der Waals surface area contributed by atoms with Crippen LogP contribution >= 0.6 is 11.6 Å². The zero-order valence-corrected chi connectivity index (χ0v) is 15.5. The van der Waals surface area contributed by atoms with Gasteiger partial charge in [-0.05, 0) is 43.9 Å². The van der Waals surface area contributed by atoms with Gasteiger partial charge in [0.1, 0.15) is 0 Å². The van der Waals surface area contributed by atoms with Gasteiger partial charge in [0.15, 0.2) is 11.5 Å². The summed E-state index contributed by atoms with van der Waals surface area (Å²) in [6.07, 6.45) is 0. The Labute approximate surface area is 152 Å². The van der Waals surface area contributed by atoms with E-state index in [0.29, 0.717) is 16.5 Å². The molecule has 0 saturated carbocycles. The van der Waals surface area contributed by atoms with E-state index in [2.05, 4.69) is 4.72 Å². The molecule has 0 spiro atoms. The van der Waals surface area contributed by atoms with E-state index >= 15 is 0 Å². The molecule has 1 aliphatic rings. The number of likely N-dealkylation sites (N-methyl/N-ethyl adjacent to an activating group) is 1. The zero-order valence-electron chi connectivity index (χ0n) is 13.9. The summed E-state index contributed by atoms with van der Waals surface area (Å²) in [5.41, 5.74) is 0.936. The molecule has 0 bridgehead atoms. The maximum absolute atomic E-state index is 12.6. The third-order valence-electron chi connectivity index (χ3n) is 3.98. The summed E-state index contributed by atoms with van der Waals surface area (Å²) in [4.78, 5) is 2.08. The van der Waals surface area contributed by atoms with E-state index in [1.807, 2.05) is 37.2 Å². The number of nitrogens with one attached hydrogen (secondary N) is 1. The van der Waals surface area contributed by atoms with Crippen molar-refractivity contribution in [1.82, 2.24) is 9.62 Å². The van der Waals surface area contributed by atoms with Crippen LogP contribution in [0.5, 0.6) is 11.5 Å². The van der Waals surface area contributed by atoms with Gasteiger partial charge in [0.2, 0.25) is 16.8 Å². The second kappa shape index (κ2) is 7.21. The van der Waals surface area contributed by atoms with Gasteiger partial charge in [-0.25, -0.2) is 13.1 Å². The summed E-state index contributed by atoms with van der Waals surface area (Å²) in [6.45, 7) is 0.313. The Balaban J connectivity index is 1.78. The predicted octanol–water partition coefficient (Wildman–Crippen LogP) is 2.65. The molecule has 2 aromatic rings. The maximum Gasteiger partial charge on any atom is 0.240 e. The van der Waals surface area contributed by atoms with E-state index in [4.69, 9.17) is 21.1 Å². The van der Waals surface area contributed by atoms with Gasteiger partial charge in [-0.2, -0.15) is 0 Å². The smallest absolute Gasteiger partial charge is 0.240 e. The van der Waals surface area contributed by atoms with Gasteiger partial charge in [0.25, 0.3) is 0 Å². The van der Waals surface area contributed by atoms with E-state index in [1.165, 1.54) is 12.1 Å². The third-order valence-corrected chi connectivity index (χ3v) is 5.63. The van der Waals surface area contributed by atoms with Crippen molar-refractivity contribution in [3.63, 3.8) is 0 Å². The topological polar surface area (TPSA) is 67.9 Å². The summed E-state index contributed by atoms with van der Waals surface area (Å²) >= 11 is 6.05. The van der Waals surface area contributed by atoms with Crippen LogP contribution in [0.1, 0.15) is 11.6 Å². The molecule has 1 unspecified atom stereocenters. The Morgan fingerprint density at radius 2 is 1.92 bits per heavy atom. The zero-order chi connectivity index (χ0) is 18.0. The number of sulfonamides is 1. The Morgan fingerprint density at radius 1 is 1.16 bits per heavy atom. The minimum Gasteiger partial charge on any atom is -0.454 e. The lowest BCUT2D eigenvalue weighted by molar-refractivity contribution is 0.174. The Hall–Kier alpha value is -1.80. The molecule has 1 atom stereocenters. The van der Waals surface area contributed by atoms with Crippen molar-refractivity contribution in [3.05, 3.63) is 53.1 Å². The Bertz CT molecular complexity index is 871. The molecule has 0 saturated heterocycles. The minimum atomic E-state index is -3.67. The summed E-state index contributed by atoms with van der Waals surface area (Å²) in [6, 6.07) is 11.8. The lowest BCUT2D eigenvalue weighted by atomic mass is 10.1. The minimum absolute atomic E-state index is 0.101. The monoisotopic (exact) mass is 382 g/mol. The molecule has 1 heterocycles. The van der Waals surface area contributed by atoms with Gasteiger partial charge < -0.3 is 14.4 Å². The molecule has 8 heteroatoms. The molecule has 1 aliphatic heterocycles. The first-order valence-electron chi connectivity index (χ1n) is 7.68. The molecule has 2 aromatic carbocycles. The van der Waals surface area contributed by atoms with Crippen LogP contribution in [0, 0.1) is 0 Å². The van der Waals surface area contributed by atoms with Crippen LogP contribution in [0.3, 0.4) is 0 Å². The highest BCUT2D eigenvalue weighted by atomic mass is 35.5. The average molecular weight is 383 g/mol. The number of benzene rings is 2. The number of hydrogen-bond acceptors (Lipinski definition) is 5. The van der Waals surface area contributed by atoms with Gasteiger partial charge in [0, 0.05) is 23.7 Å². The highest BCUT2D eigenvalue weighted by molar-refractivity contribution is 7.89. The molecule has 6 nitrogen and oxygen atoms in total. The first kappa shape index (κ1) is 18.0. The van der Waals surface area contributed by atoms with Crippen LogP contribution in [-0.4, -0.2) is 40.8 Å². The third kappa shape index (κ3) is 4.07. The molecule has 0 fully saturated rings. The second-order valence-electron chi connectivity index (χ2n) is 5.90. The van der Waals surface area contributed by atoms with Crippen LogP contribution in [0.15, 0.2) is 47.4 Å². The summed E-state index contributed by atoms with van der Waals surface area (Å²) < 4.78 is 38.3. The fraction of sp³-hybridized carbons (Fsp3) is 0.294. The van der Waals surface area contributed by atoms with E-state index in [1.54, 1.807) is 12.1 Å². The normalized spacial score (nSPS) is 14.7. The predicted molar refractivity (Wildman–Crippen MR) is 95.6 cm³/mol. The molecule has 0 radical (unpaired) electrons. The quantitative estimate of drug-likeness (QED) is 0.831. The van der Waals surface area contributed by atoms with Gasteiger partial charge in [-0.1, -0.05) is 23.7 Å². The number of rotatable bonds is 6. The number of hydrogen-bond donors (Lipinski definition) is 1. The van der Waals surface area contributed by atoms with Gasteiger partial charge in [-0.15, -0.1) is 0 Å². The molecule has 3 rings (SSSR count). The lowest BCUT2D eigenvalue weighted by Gasteiger charge is -2.25. The number of nitrogens with zero attached hydrogens (tertiary/aromatic N) is 1. The number of halogens is 1. The highest BCUT2D eigenvalue weighted by Gasteiger charge is 2.22.